The van der Waals surface area contributed by atoms with Gasteiger partial charge >= 0.3 is 5.97 Å². The van der Waals surface area contributed by atoms with Crippen LogP contribution in [0.1, 0.15) is 16.1 Å². The van der Waals surface area contributed by atoms with Gasteiger partial charge in [0.2, 0.25) is 0 Å². The highest BCUT2D eigenvalue weighted by molar-refractivity contribution is 9.08. The lowest BCUT2D eigenvalue weighted by molar-refractivity contribution is 0.0601. The zero-order valence-corrected chi connectivity index (χ0v) is 10.3. The Labute approximate surface area is 102 Å². The number of rotatable bonds is 2. The monoisotopic (exact) mass is 279 g/mol. The fourth-order valence-electron chi connectivity index (χ4n) is 1.48. The predicted molar refractivity (Wildman–Crippen MR) is 65.7 cm³/mol. The van der Waals surface area contributed by atoms with E-state index in [1.807, 2.05) is 18.2 Å². The van der Waals surface area contributed by atoms with Crippen molar-refractivity contribution in [2.24, 2.45) is 0 Å². The first kappa shape index (κ1) is 11.1. The summed E-state index contributed by atoms with van der Waals surface area (Å²) >= 11 is 3.35. The largest absolute Gasteiger partial charge is 0.465 e. The van der Waals surface area contributed by atoms with Gasteiger partial charge in [0.05, 0.1) is 23.9 Å². The second-order valence-electron chi connectivity index (χ2n) is 3.34. The lowest BCUT2D eigenvalue weighted by Gasteiger charge is -2.02. The minimum absolute atomic E-state index is 0.340. The molecule has 82 valence electrons. The zero-order chi connectivity index (χ0) is 11.5. The predicted octanol–water partition coefficient (Wildman–Crippen LogP) is 2.92. The number of methoxy groups -OCH3 is 1. The molecule has 0 spiro atoms. The van der Waals surface area contributed by atoms with E-state index in [0.717, 1.165) is 16.6 Å². The number of ether oxygens (including phenoxy) is 1. The Bertz CT molecular complexity index is 540. The number of aromatic nitrogens is 1. The molecule has 0 aliphatic rings. The Hall–Kier alpha value is -1.42. The summed E-state index contributed by atoms with van der Waals surface area (Å²) < 4.78 is 4.67. The molecule has 2 rings (SSSR count). The van der Waals surface area contributed by atoms with E-state index < -0.39 is 0 Å². The van der Waals surface area contributed by atoms with Crippen LogP contribution in [0.3, 0.4) is 0 Å². The maximum atomic E-state index is 11.4. The fraction of sp³-hybridized carbons (Fsp3) is 0.167. The number of alkyl halides is 1. The van der Waals surface area contributed by atoms with Crippen molar-refractivity contribution < 1.29 is 9.53 Å². The van der Waals surface area contributed by atoms with Crippen LogP contribution < -0.4 is 0 Å². The Morgan fingerprint density at radius 2 is 2.12 bits per heavy atom. The maximum absolute atomic E-state index is 11.4. The maximum Gasteiger partial charge on any atom is 0.337 e. The molecule has 1 heterocycles. The molecule has 0 saturated carbocycles. The van der Waals surface area contributed by atoms with Gasteiger partial charge in [-0.05, 0) is 18.2 Å². The molecule has 1 aromatic heterocycles. The van der Waals surface area contributed by atoms with Gasteiger partial charge in [-0.1, -0.05) is 28.1 Å². The fourth-order valence-corrected chi connectivity index (χ4v) is 1.79. The van der Waals surface area contributed by atoms with Gasteiger partial charge in [0, 0.05) is 10.7 Å². The van der Waals surface area contributed by atoms with Crippen molar-refractivity contribution >= 4 is 32.8 Å². The molecular formula is C12H10BrNO2. The van der Waals surface area contributed by atoms with Crippen molar-refractivity contribution in [1.29, 1.82) is 0 Å². The van der Waals surface area contributed by atoms with Gasteiger partial charge in [-0.3, -0.25) is 4.98 Å². The number of nitrogens with zero attached hydrogens (tertiary/aromatic N) is 1. The molecule has 0 aliphatic heterocycles. The summed E-state index contributed by atoms with van der Waals surface area (Å²) in [5.74, 6) is -0.340. The summed E-state index contributed by atoms with van der Waals surface area (Å²) in [6.07, 6.45) is 0. The average molecular weight is 280 g/mol. The van der Waals surface area contributed by atoms with Crippen LogP contribution in [-0.4, -0.2) is 18.1 Å². The summed E-state index contributed by atoms with van der Waals surface area (Å²) in [5, 5.41) is 1.71. The summed E-state index contributed by atoms with van der Waals surface area (Å²) in [7, 11) is 1.37. The number of pyridine rings is 1. The third-order valence-electron chi connectivity index (χ3n) is 2.31. The highest BCUT2D eigenvalue weighted by atomic mass is 79.9. The second-order valence-corrected chi connectivity index (χ2v) is 3.90. The van der Waals surface area contributed by atoms with Crippen molar-refractivity contribution in [2.75, 3.05) is 7.11 Å². The zero-order valence-electron chi connectivity index (χ0n) is 8.74. The lowest BCUT2D eigenvalue weighted by atomic mass is 10.1. The van der Waals surface area contributed by atoms with Crippen LogP contribution in [-0.2, 0) is 10.1 Å². The first-order valence-electron chi connectivity index (χ1n) is 4.78. The molecule has 4 heteroatoms. The Kier molecular flexibility index (Phi) is 3.19. The summed E-state index contributed by atoms with van der Waals surface area (Å²) in [6.45, 7) is 0. The van der Waals surface area contributed by atoms with E-state index in [4.69, 9.17) is 0 Å². The number of esters is 1. The summed E-state index contributed by atoms with van der Waals surface area (Å²) in [4.78, 5) is 15.8. The van der Waals surface area contributed by atoms with Crippen LogP contribution in [0.25, 0.3) is 10.9 Å². The number of benzene rings is 1. The SMILES string of the molecule is COC(=O)c1ccc2ccc(CBr)nc2c1. The third-order valence-corrected chi connectivity index (χ3v) is 2.88. The number of carbonyl (C=O) groups excluding carboxylic acids is 1. The van der Waals surface area contributed by atoms with Crippen molar-refractivity contribution in [3.05, 3.63) is 41.6 Å². The molecule has 0 atom stereocenters. The van der Waals surface area contributed by atoms with Crippen molar-refractivity contribution in [3.8, 4) is 0 Å². The number of hydrogen-bond acceptors (Lipinski definition) is 3. The van der Waals surface area contributed by atoms with E-state index in [0.29, 0.717) is 10.9 Å². The van der Waals surface area contributed by atoms with Crippen LogP contribution in [0.4, 0.5) is 0 Å². The van der Waals surface area contributed by atoms with E-state index >= 15 is 0 Å². The topological polar surface area (TPSA) is 39.2 Å². The molecule has 3 nitrogen and oxygen atoms in total. The molecule has 2 aromatic rings. The molecular weight excluding hydrogens is 270 g/mol. The van der Waals surface area contributed by atoms with Crippen LogP contribution in [0.2, 0.25) is 0 Å². The van der Waals surface area contributed by atoms with Crippen molar-refractivity contribution in [3.63, 3.8) is 0 Å². The molecule has 0 fully saturated rings. The minimum atomic E-state index is -0.340. The van der Waals surface area contributed by atoms with Crippen molar-refractivity contribution in [2.45, 2.75) is 5.33 Å². The van der Waals surface area contributed by atoms with Gasteiger partial charge < -0.3 is 4.74 Å². The van der Waals surface area contributed by atoms with Gasteiger partial charge in [0.15, 0.2) is 0 Å². The quantitative estimate of drug-likeness (QED) is 0.627. The Balaban J connectivity index is 2.54. The first-order valence-corrected chi connectivity index (χ1v) is 5.90. The Morgan fingerprint density at radius 3 is 2.81 bits per heavy atom. The molecule has 16 heavy (non-hydrogen) atoms. The van der Waals surface area contributed by atoms with Crippen LogP contribution in [0, 0.1) is 0 Å². The molecule has 0 bridgehead atoms. The van der Waals surface area contributed by atoms with E-state index in [2.05, 4.69) is 25.7 Å². The second kappa shape index (κ2) is 4.61. The molecule has 0 saturated heterocycles. The molecule has 0 unspecified atom stereocenters. The van der Waals surface area contributed by atoms with Gasteiger partial charge in [-0.25, -0.2) is 4.79 Å². The highest BCUT2D eigenvalue weighted by Gasteiger charge is 2.06. The molecule has 0 radical (unpaired) electrons. The van der Waals surface area contributed by atoms with Gasteiger partial charge in [0.25, 0.3) is 0 Å². The van der Waals surface area contributed by atoms with Crippen LogP contribution in [0.15, 0.2) is 30.3 Å². The number of fused-ring (bicyclic) bond motifs is 1. The molecule has 0 aliphatic carbocycles. The normalized spacial score (nSPS) is 10.4. The standard InChI is InChI=1S/C12H10BrNO2/c1-16-12(15)9-3-2-8-4-5-10(7-13)14-11(8)6-9/h2-6H,7H2,1H3. The van der Waals surface area contributed by atoms with Gasteiger partial charge in [-0.2, -0.15) is 0 Å². The van der Waals surface area contributed by atoms with Gasteiger partial charge in [-0.15, -0.1) is 0 Å². The first-order chi connectivity index (χ1) is 7.74. The van der Waals surface area contributed by atoms with E-state index in [9.17, 15) is 4.79 Å². The van der Waals surface area contributed by atoms with E-state index in [1.54, 1.807) is 12.1 Å². The minimum Gasteiger partial charge on any atom is -0.465 e. The van der Waals surface area contributed by atoms with E-state index in [1.165, 1.54) is 7.11 Å². The van der Waals surface area contributed by atoms with Crippen molar-refractivity contribution in [1.82, 2.24) is 4.98 Å². The number of carbonyl (C=O) groups is 1. The third kappa shape index (κ3) is 2.07. The smallest absolute Gasteiger partial charge is 0.337 e. The summed E-state index contributed by atoms with van der Waals surface area (Å²) in [5.41, 5.74) is 2.27. The van der Waals surface area contributed by atoms with E-state index in [-0.39, 0.29) is 5.97 Å². The highest BCUT2D eigenvalue weighted by Crippen LogP contribution is 2.16. The Morgan fingerprint density at radius 1 is 1.38 bits per heavy atom. The molecule has 0 N–H and O–H groups in total. The molecule has 0 amide bonds. The number of hydrogen-bond donors (Lipinski definition) is 0. The lowest BCUT2D eigenvalue weighted by Crippen LogP contribution is -2.01. The van der Waals surface area contributed by atoms with Gasteiger partial charge in [0.1, 0.15) is 0 Å². The number of halogens is 1. The van der Waals surface area contributed by atoms with Crippen LogP contribution in [0.5, 0.6) is 0 Å². The summed E-state index contributed by atoms with van der Waals surface area (Å²) in [6, 6.07) is 9.29. The molecule has 1 aromatic carbocycles. The average Bonchev–Trinajstić information content (AvgIpc) is 2.36. The van der Waals surface area contributed by atoms with Crippen LogP contribution >= 0.6 is 15.9 Å².